The summed E-state index contributed by atoms with van der Waals surface area (Å²) in [4.78, 5) is 41.4. The first-order valence-electron chi connectivity index (χ1n) is 13.6. The number of ether oxygens (including phenoxy) is 3. The third-order valence-corrected chi connectivity index (χ3v) is 7.21. The van der Waals surface area contributed by atoms with Gasteiger partial charge < -0.3 is 34.9 Å². The summed E-state index contributed by atoms with van der Waals surface area (Å²) in [6.07, 6.45) is -2.14. The van der Waals surface area contributed by atoms with Crippen molar-refractivity contribution in [1.29, 1.82) is 0 Å². The second-order valence-electron chi connectivity index (χ2n) is 11.2. The Morgan fingerprint density at radius 3 is 2.57 bits per heavy atom. The van der Waals surface area contributed by atoms with Crippen LogP contribution in [0.5, 0.6) is 11.5 Å². The van der Waals surface area contributed by atoms with E-state index >= 15 is 0 Å². The van der Waals surface area contributed by atoms with Crippen LogP contribution in [0, 0.1) is 6.92 Å². The molecule has 4 rings (SSSR count). The first-order chi connectivity index (χ1) is 19.8. The first-order valence-corrected chi connectivity index (χ1v) is 14.3. The summed E-state index contributed by atoms with van der Waals surface area (Å²) in [5, 5.41) is 17.2. The molecular formula is C31H36BrN3O7. The van der Waals surface area contributed by atoms with Crippen LogP contribution in [-0.4, -0.2) is 60.5 Å². The van der Waals surface area contributed by atoms with Crippen molar-refractivity contribution in [3.05, 3.63) is 64.1 Å². The first kappa shape index (κ1) is 31.1. The van der Waals surface area contributed by atoms with Crippen molar-refractivity contribution in [3.63, 3.8) is 0 Å². The number of amides is 3. The molecule has 1 aliphatic rings. The number of alkyl carbamates (subject to hydrolysis) is 1. The number of aliphatic hydroxyl groups excluding tert-OH is 1. The molecule has 3 N–H and O–H groups in total. The lowest BCUT2D eigenvalue weighted by Gasteiger charge is -2.28. The molecule has 0 saturated carbocycles. The standard InChI is InChI=1S/C31H36BrN3O7/c1-17-7-11-24-26(13-17)41-16-23(33-28(37)27(18(2)36)34-30(39)42-31(3,4)5)29(38)35(24)15-22-21-10-9-20(32)14-19(21)8-12-25(22)40-6/h7-14,18,23,27,36H,15-16H2,1-6H3,(H,33,37)(H,34,39)/t18-,23-,27-/m0/s1. The SMILES string of the molecule is COc1ccc2cc(Br)ccc2c1CN1C(=O)[C@@H](NC(=O)[C@@H](NC(=O)OC(C)(C)C)[C@H](C)O)COc2cc(C)ccc21. The minimum atomic E-state index is -1.37. The fraction of sp³-hybridized carbons (Fsp3) is 0.387. The van der Waals surface area contributed by atoms with Crippen LogP contribution in [0.15, 0.2) is 53.0 Å². The summed E-state index contributed by atoms with van der Waals surface area (Å²) in [5.41, 5.74) is 1.45. The Kier molecular flexibility index (Phi) is 9.32. The zero-order valence-electron chi connectivity index (χ0n) is 24.5. The number of carbonyl (C=O) groups is 3. The van der Waals surface area contributed by atoms with Crippen LogP contribution in [-0.2, 0) is 20.9 Å². The molecular weight excluding hydrogens is 606 g/mol. The summed E-state index contributed by atoms with van der Waals surface area (Å²) < 4.78 is 17.9. The number of methoxy groups -OCH3 is 1. The van der Waals surface area contributed by atoms with Gasteiger partial charge in [0.15, 0.2) is 0 Å². The quantitative estimate of drug-likeness (QED) is 0.344. The van der Waals surface area contributed by atoms with Gasteiger partial charge in [0, 0.05) is 10.0 Å². The van der Waals surface area contributed by atoms with Crippen LogP contribution in [0.3, 0.4) is 0 Å². The molecule has 0 spiro atoms. The highest BCUT2D eigenvalue weighted by Crippen LogP contribution is 2.37. The van der Waals surface area contributed by atoms with E-state index < -0.39 is 41.7 Å². The fourth-order valence-corrected chi connectivity index (χ4v) is 5.12. The van der Waals surface area contributed by atoms with Crippen molar-refractivity contribution >= 4 is 50.3 Å². The Morgan fingerprint density at radius 2 is 1.90 bits per heavy atom. The molecule has 1 heterocycles. The molecule has 0 radical (unpaired) electrons. The lowest BCUT2D eigenvalue weighted by Crippen LogP contribution is -2.58. The lowest BCUT2D eigenvalue weighted by atomic mass is 10.0. The lowest BCUT2D eigenvalue weighted by molar-refractivity contribution is -0.131. The van der Waals surface area contributed by atoms with Gasteiger partial charge in [-0.15, -0.1) is 0 Å². The largest absolute Gasteiger partial charge is 0.496 e. The van der Waals surface area contributed by atoms with Crippen LogP contribution in [0.4, 0.5) is 10.5 Å². The molecule has 10 nitrogen and oxygen atoms in total. The van der Waals surface area contributed by atoms with E-state index in [9.17, 15) is 19.5 Å². The summed E-state index contributed by atoms with van der Waals surface area (Å²) >= 11 is 3.52. The predicted molar refractivity (Wildman–Crippen MR) is 163 cm³/mol. The van der Waals surface area contributed by atoms with Gasteiger partial charge >= 0.3 is 6.09 Å². The number of rotatable bonds is 7. The fourth-order valence-electron chi connectivity index (χ4n) is 4.74. The van der Waals surface area contributed by atoms with Crippen molar-refractivity contribution in [1.82, 2.24) is 10.6 Å². The number of halogens is 1. The molecule has 0 aromatic heterocycles. The summed E-state index contributed by atoms with van der Waals surface area (Å²) in [5.74, 6) is -0.0926. The predicted octanol–water partition coefficient (Wildman–Crippen LogP) is 4.60. The van der Waals surface area contributed by atoms with E-state index in [1.165, 1.54) is 6.92 Å². The average Bonchev–Trinajstić information content (AvgIpc) is 3.02. The number of anilines is 1. The average molecular weight is 643 g/mol. The number of benzene rings is 3. The highest BCUT2D eigenvalue weighted by molar-refractivity contribution is 9.10. The number of aliphatic hydroxyl groups is 1. The molecule has 1 aliphatic heterocycles. The van der Waals surface area contributed by atoms with Crippen molar-refractivity contribution < 1.29 is 33.7 Å². The minimum absolute atomic E-state index is 0.128. The van der Waals surface area contributed by atoms with Crippen LogP contribution in [0.2, 0.25) is 0 Å². The Labute approximate surface area is 253 Å². The van der Waals surface area contributed by atoms with Gasteiger partial charge in [0.2, 0.25) is 5.91 Å². The van der Waals surface area contributed by atoms with Crippen molar-refractivity contribution in [3.8, 4) is 11.5 Å². The zero-order chi connectivity index (χ0) is 30.8. The van der Waals surface area contributed by atoms with E-state index in [2.05, 4.69) is 26.6 Å². The Bertz CT molecular complexity index is 1500. The molecule has 3 aromatic rings. The Morgan fingerprint density at radius 1 is 1.17 bits per heavy atom. The zero-order valence-corrected chi connectivity index (χ0v) is 26.1. The van der Waals surface area contributed by atoms with Crippen LogP contribution in [0.1, 0.15) is 38.8 Å². The van der Waals surface area contributed by atoms with E-state index in [1.54, 1.807) is 32.8 Å². The van der Waals surface area contributed by atoms with Gasteiger partial charge in [-0.3, -0.25) is 9.59 Å². The maximum Gasteiger partial charge on any atom is 0.408 e. The van der Waals surface area contributed by atoms with Crippen LogP contribution >= 0.6 is 15.9 Å². The van der Waals surface area contributed by atoms with E-state index in [-0.39, 0.29) is 13.2 Å². The summed E-state index contributed by atoms with van der Waals surface area (Å²) in [6.45, 7) is 8.30. The van der Waals surface area contributed by atoms with E-state index in [1.807, 2.05) is 55.5 Å². The number of hydrogen-bond donors (Lipinski definition) is 3. The molecule has 42 heavy (non-hydrogen) atoms. The summed E-state index contributed by atoms with van der Waals surface area (Å²) in [6, 6.07) is 12.7. The Balaban J connectivity index is 1.68. The van der Waals surface area contributed by atoms with E-state index in [4.69, 9.17) is 14.2 Å². The smallest absolute Gasteiger partial charge is 0.408 e. The number of carbonyl (C=O) groups excluding carboxylic acids is 3. The van der Waals surface area contributed by atoms with Gasteiger partial charge in [-0.05, 0) is 81.3 Å². The van der Waals surface area contributed by atoms with Crippen LogP contribution in [0.25, 0.3) is 10.8 Å². The highest BCUT2D eigenvalue weighted by atomic mass is 79.9. The third-order valence-electron chi connectivity index (χ3n) is 6.72. The van der Waals surface area contributed by atoms with Crippen molar-refractivity contribution in [2.75, 3.05) is 18.6 Å². The Hall–Kier alpha value is -3.83. The third kappa shape index (κ3) is 7.14. The van der Waals surface area contributed by atoms with Gasteiger partial charge in [0.05, 0.1) is 25.4 Å². The molecule has 11 heteroatoms. The van der Waals surface area contributed by atoms with Gasteiger partial charge in [0.1, 0.15) is 35.8 Å². The number of aryl methyl sites for hydroxylation is 1. The number of nitrogens with one attached hydrogen (secondary N) is 2. The minimum Gasteiger partial charge on any atom is -0.496 e. The number of hydrogen-bond acceptors (Lipinski definition) is 7. The molecule has 3 atom stereocenters. The molecule has 0 unspecified atom stereocenters. The molecule has 3 amide bonds. The van der Waals surface area contributed by atoms with E-state index in [0.29, 0.717) is 17.2 Å². The molecule has 3 aromatic carbocycles. The van der Waals surface area contributed by atoms with Gasteiger partial charge in [0.25, 0.3) is 5.91 Å². The highest BCUT2D eigenvalue weighted by Gasteiger charge is 2.36. The van der Waals surface area contributed by atoms with Crippen LogP contribution < -0.4 is 25.0 Å². The topological polar surface area (TPSA) is 126 Å². The van der Waals surface area contributed by atoms with Crippen molar-refractivity contribution in [2.45, 2.75) is 65.0 Å². The molecule has 0 saturated heterocycles. The van der Waals surface area contributed by atoms with Crippen molar-refractivity contribution in [2.24, 2.45) is 0 Å². The second-order valence-corrected chi connectivity index (χ2v) is 12.2. The second kappa shape index (κ2) is 12.6. The van der Waals surface area contributed by atoms with Gasteiger partial charge in [-0.1, -0.05) is 34.1 Å². The summed E-state index contributed by atoms with van der Waals surface area (Å²) in [7, 11) is 1.57. The van der Waals surface area contributed by atoms with Gasteiger partial charge in [-0.25, -0.2) is 4.79 Å². The maximum absolute atomic E-state index is 14.1. The molecule has 0 fully saturated rings. The number of nitrogens with zero attached hydrogens (tertiary/aromatic N) is 1. The normalized spacial score (nSPS) is 16.5. The monoisotopic (exact) mass is 641 g/mol. The molecule has 224 valence electrons. The number of fused-ring (bicyclic) bond motifs is 2. The molecule has 0 aliphatic carbocycles. The molecule has 0 bridgehead atoms. The maximum atomic E-state index is 14.1. The van der Waals surface area contributed by atoms with Gasteiger partial charge in [-0.2, -0.15) is 0 Å². The van der Waals surface area contributed by atoms with E-state index in [0.717, 1.165) is 26.4 Å².